The molecule has 0 spiro atoms. The number of methoxy groups -OCH3 is 1. The number of para-hydroxylation sites is 1. The molecule has 140 valence electrons. The summed E-state index contributed by atoms with van der Waals surface area (Å²) in [7, 11) is 1.68. The Bertz CT molecular complexity index is 1010. The minimum Gasteiger partial charge on any atom is -0.497 e. The summed E-state index contributed by atoms with van der Waals surface area (Å²) in [6, 6.07) is 28.7. The number of nitrogens with one attached hydrogen (secondary N) is 1. The van der Waals surface area contributed by atoms with Gasteiger partial charge in [0.25, 0.3) is 0 Å². The molecule has 0 aliphatic carbocycles. The minimum absolute atomic E-state index is 0.739. The Balaban J connectivity index is 1.55. The third-order valence-electron chi connectivity index (χ3n) is 4.66. The van der Waals surface area contributed by atoms with Gasteiger partial charge in [-0.15, -0.1) is 0 Å². The van der Waals surface area contributed by atoms with E-state index in [-0.39, 0.29) is 0 Å². The van der Waals surface area contributed by atoms with Crippen molar-refractivity contribution in [3.8, 4) is 22.7 Å². The van der Waals surface area contributed by atoms with Gasteiger partial charge >= 0.3 is 0 Å². The lowest BCUT2D eigenvalue weighted by Gasteiger charge is -2.06. The average molecular weight is 369 g/mol. The topological polar surface area (TPSA) is 39.1 Å². The molecule has 0 bridgehead atoms. The molecule has 0 aliphatic rings. The van der Waals surface area contributed by atoms with Gasteiger partial charge in [-0.2, -0.15) is 5.10 Å². The van der Waals surface area contributed by atoms with Crippen molar-refractivity contribution in [1.82, 2.24) is 15.1 Å². The van der Waals surface area contributed by atoms with E-state index in [0.717, 1.165) is 35.8 Å². The molecule has 0 saturated carbocycles. The Morgan fingerprint density at radius 3 is 2.18 bits per heavy atom. The zero-order chi connectivity index (χ0) is 19.2. The molecule has 4 aromatic rings. The molecule has 1 aromatic heterocycles. The molecule has 0 atom stereocenters. The highest BCUT2D eigenvalue weighted by atomic mass is 16.5. The molecule has 0 saturated heterocycles. The van der Waals surface area contributed by atoms with E-state index in [2.05, 4.69) is 47.9 Å². The molecular weight excluding hydrogens is 346 g/mol. The van der Waals surface area contributed by atoms with Gasteiger partial charge in [-0.25, -0.2) is 4.68 Å². The maximum Gasteiger partial charge on any atom is 0.118 e. The number of benzene rings is 3. The first kappa shape index (κ1) is 18.0. The second kappa shape index (κ2) is 8.55. The summed E-state index contributed by atoms with van der Waals surface area (Å²) in [6.45, 7) is 1.53. The largest absolute Gasteiger partial charge is 0.497 e. The van der Waals surface area contributed by atoms with Crippen LogP contribution in [0.3, 0.4) is 0 Å². The van der Waals surface area contributed by atoms with Crippen LogP contribution in [0.25, 0.3) is 16.9 Å². The second-order valence-corrected chi connectivity index (χ2v) is 6.60. The Morgan fingerprint density at radius 1 is 0.821 bits per heavy atom. The minimum atomic E-state index is 0.739. The molecule has 0 unspecified atom stereocenters. The van der Waals surface area contributed by atoms with E-state index in [1.807, 2.05) is 53.2 Å². The smallest absolute Gasteiger partial charge is 0.118 e. The molecule has 28 heavy (non-hydrogen) atoms. The number of hydrogen-bond acceptors (Lipinski definition) is 3. The van der Waals surface area contributed by atoms with E-state index in [1.54, 1.807) is 7.11 Å². The number of ether oxygens (including phenoxy) is 1. The first-order chi connectivity index (χ1) is 13.8. The Hall–Kier alpha value is -3.37. The van der Waals surface area contributed by atoms with E-state index in [4.69, 9.17) is 9.84 Å². The second-order valence-electron chi connectivity index (χ2n) is 6.60. The van der Waals surface area contributed by atoms with Gasteiger partial charge in [0.2, 0.25) is 0 Å². The van der Waals surface area contributed by atoms with Crippen molar-refractivity contribution in [3.63, 3.8) is 0 Å². The van der Waals surface area contributed by atoms with Crippen molar-refractivity contribution < 1.29 is 4.74 Å². The maximum atomic E-state index is 5.22. The van der Waals surface area contributed by atoms with Gasteiger partial charge in [0.15, 0.2) is 0 Å². The van der Waals surface area contributed by atoms with Crippen LogP contribution in [0.1, 0.15) is 11.1 Å². The molecule has 4 nitrogen and oxygen atoms in total. The number of nitrogens with zero attached hydrogens (tertiary/aromatic N) is 2. The molecule has 0 aliphatic heterocycles. The number of hydrogen-bond donors (Lipinski definition) is 1. The predicted molar refractivity (Wildman–Crippen MR) is 113 cm³/mol. The number of rotatable bonds is 7. The fourth-order valence-electron chi connectivity index (χ4n) is 3.18. The van der Waals surface area contributed by atoms with Crippen LogP contribution < -0.4 is 10.1 Å². The Morgan fingerprint density at radius 2 is 1.50 bits per heavy atom. The fourth-order valence-corrected chi connectivity index (χ4v) is 3.18. The average Bonchev–Trinajstić information content (AvgIpc) is 3.20. The fraction of sp³-hybridized carbons (Fsp3) is 0.125. The van der Waals surface area contributed by atoms with Crippen molar-refractivity contribution in [1.29, 1.82) is 0 Å². The van der Waals surface area contributed by atoms with Crippen LogP contribution in [0, 0.1) is 0 Å². The zero-order valence-corrected chi connectivity index (χ0v) is 15.9. The highest BCUT2D eigenvalue weighted by Crippen LogP contribution is 2.23. The van der Waals surface area contributed by atoms with E-state index in [0.29, 0.717) is 0 Å². The van der Waals surface area contributed by atoms with Gasteiger partial charge < -0.3 is 10.1 Å². The molecule has 1 N–H and O–H groups in total. The molecule has 0 fully saturated rings. The third-order valence-corrected chi connectivity index (χ3v) is 4.66. The van der Waals surface area contributed by atoms with Crippen molar-refractivity contribution in [2.75, 3.05) is 7.11 Å². The van der Waals surface area contributed by atoms with E-state index < -0.39 is 0 Å². The molecule has 1 heterocycles. The summed E-state index contributed by atoms with van der Waals surface area (Å²) < 4.78 is 7.17. The molecular formula is C24H23N3O. The summed E-state index contributed by atoms with van der Waals surface area (Å²) in [5.74, 6) is 0.874. The van der Waals surface area contributed by atoms with Crippen LogP contribution in [-0.4, -0.2) is 16.9 Å². The van der Waals surface area contributed by atoms with Crippen molar-refractivity contribution >= 4 is 0 Å². The Labute approximate surface area is 165 Å². The van der Waals surface area contributed by atoms with Crippen LogP contribution in [0.5, 0.6) is 5.75 Å². The third kappa shape index (κ3) is 4.13. The first-order valence-electron chi connectivity index (χ1n) is 9.36. The first-order valence-corrected chi connectivity index (χ1v) is 9.36. The molecule has 0 amide bonds. The van der Waals surface area contributed by atoms with Gasteiger partial charge in [0, 0.05) is 30.4 Å². The normalized spacial score (nSPS) is 10.8. The number of aromatic nitrogens is 2. The van der Waals surface area contributed by atoms with Crippen LogP contribution >= 0.6 is 0 Å². The lowest BCUT2D eigenvalue weighted by Crippen LogP contribution is -2.12. The summed E-state index contributed by atoms with van der Waals surface area (Å²) in [4.78, 5) is 0. The van der Waals surface area contributed by atoms with Crippen LogP contribution in [0.4, 0.5) is 0 Å². The van der Waals surface area contributed by atoms with Gasteiger partial charge in [-0.05, 0) is 29.8 Å². The monoisotopic (exact) mass is 369 g/mol. The quantitative estimate of drug-likeness (QED) is 0.507. The van der Waals surface area contributed by atoms with E-state index in [1.165, 1.54) is 11.1 Å². The highest BCUT2D eigenvalue weighted by molar-refractivity contribution is 5.63. The van der Waals surface area contributed by atoms with Gasteiger partial charge in [0.1, 0.15) is 5.75 Å². The predicted octanol–water partition coefficient (Wildman–Crippen LogP) is 4.84. The van der Waals surface area contributed by atoms with Crippen molar-refractivity contribution in [3.05, 3.63) is 102 Å². The van der Waals surface area contributed by atoms with Gasteiger partial charge in [-0.1, -0.05) is 60.7 Å². The molecule has 0 radical (unpaired) electrons. The molecule has 3 aromatic carbocycles. The summed E-state index contributed by atoms with van der Waals surface area (Å²) in [6.07, 6.45) is 2.11. The summed E-state index contributed by atoms with van der Waals surface area (Å²) >= 11 is 0. The van der Waals surface area contributed by atoms with Gasteiger partial charge in [-0.3, -0.25) is 0 Å². The van der Waals surface area contributed by atoms with Crippen LogP contribution in [0.15, 0.2) is 91.1 Å². The summed E-state index contributed by atoms with van der Waals surface area (Å²) in [5, 5.41) is 8.40. The van der Waals surface area contributed by atoms with Crippen molar-refractivity contribution in [2.24, 2.45) is 0 Å². The van der Waals surface area contributed by atoms with Crippen molar-refractivity contribution in [2.45, 2.75) is 13.1 Å². The standard InChI is InChI=1S/C24H23N3O/c1-28-23-14-12-19(13-15-23)16-25-17-21-18-27(22-10-6-3-7-11-22)26-24(21)20-8-4-2-5-9-20/h2-15,18,25H,16-17H2,1H3. The van der Waals surface area contributed by atoms with E-state index >= 15 is 0 Å². The zero-order valence-electron chi connectivity index (χ0n) is 15.9. The van der Waals surface area contributed by atoms with Crippen LogP contribution in [-0.2, 0) is 13.1 Å². The Kier molecular flexibility index (Phi) is 5.50. The SMILES string of the molecule is COc1ccc(CNCc2cn(-c3ccccc3)nc2-c2ccccc2)cc1. The van der Waals surface area contributed by atoms with Crippen LogP contribution in [0.2, 0.25) is 0 Å². The lowest BCUT2D eigenvalue weighted by molar-refractivity contribution is 0.414. The van der Waals surface area contributed by atoms with E-state index in [9.17, 15) is 0 Å². The highest BCUT2D eigenvalue weighted by Gasteiger charge is 2.12. The van der Waals surface area contributed by atoms with Gasteiger partial charge in [0.05, 0.1) is 18.5 Å². The molecule has 4 heteroatoms. The maximum absolute atomic E-state index is 5.22. The lowest BCUT2D eigenvalue weighted by atomic mass is 10.1. The molecule has 4 rings (SSSR count). The summed E-state index contributed by atoms with van der Waals surface area (Å²) in [5.41, 5.74) is 5.58.